The van der Waals surface area contributed by atoms with Gasteiger partial charge in [0.25, 0.3) is 0 Å². The predicted octanol–water partition coefficient (Wildman–Crippen LogP) is 2.40. The highest BCUT2D eigenvalue weighted by molar-refractivity contribution is 5.52. The molecule has 0 rings (SSSR count). The minimum absolute atomic E-state index is 0.275. The quantitative estimate of drug-likeness (QED) is 0.410. The van der Waals surface area contributed by atoms with Crippen LogP contribution < -0.4 is 0 Å². The first-order chi connectivity index (χ1) is 4.31. The molecule has 0 fully saturated rings. The van der Waals surface area contributed by atoms with Crippen LogP contribution in [-0.2, 0) is 4.79 Å². The van der Waals surface area contributed by atoms with Gasteiger partial charge in [0, 0.05) is 5.92 Å². The molecule has 1 heteroatoms. The van der Waals surface area contributed by atoms with Gasteiger partial charge in [0.15, 0.2) is 0 Å². The summed E-state index contributed by atoms with van der Waals surface area (Å²) in [4.78, 5) is 10.1. The Bertz CT molecular complexity index is 69.0. The van der Waals surface area contributed by atoms with Gasteiger partial charge >= 0.3 is 0 Å². The molecule has 0 N–H and O–H groups in total. The van der Waals surface area contributed by atoms with Gasteiger partial charge in [0.2, 0.25) is 0 Å². The summed E-state index contributed by atoms with van der Waals surface area (Å²) in [5, 5.41) is 0. The molecule has 0 saturated carbocycles. The Morgan fingerprint density at radius 1 is 1.44 bits per heavy atom. The van der Waals surface area contributed by atoms with Gasteiger partial charge in [-0.05, 0) is 6.42 Å². The number of carbonyl (C=O) groups excluding carboxylic acids is 1. The average molecular weight is 128 g/mol. The number of aldehydes is 1. The molecule has 1 atom stereocenters. The van der Waals surface area contributed by atoms with Gasteiger partial charge in [-0.15, -0.1) is 0 Å². The van der Waals surface area contributed by atoms with Crippen molar-refractivity contribution in [3.05, 3.63) is 0 Å². The summed E-state index contributed by atoms with van der Waals surface area (Å²) in [6.45, 7) is 4.15. The summed E-state index contributed by atoms with van der Waals surface area (Å²) >= 11 is 0. The first-order valence-corrected chi connectivity index (χ1v) is 3.76. The molecule has 0 unspecified atom stereocenters. The van der Waals surface area contributed by atoms with Gasteiger partial charge in [-0.2, -0.15) is 0 Å². The van der Waals surface area contributed by atoms with E-state index in [1.165, 1.54) is 19.3 Å². The van der Waals surface area contributed by atoms with E-state index in [0.29, 0.717) is 0 Å². The average Bonchev–Trinajstić information content (AvgIpc) is 1.89. The number of rotatable bonds is 5. The maximum Gasteiger partial charge on any atom is 0.122 e. The molecule has 0 bridgehead atoms. The van der Waals surface area contributed by atoms with Gasteiger partial charge in [-0.3, -0.25) is 0 Å². The van der Waals surface area contributed by atoms with Crippen LogP contribution in [0.1, 0.15) is 39.5 Å². The maximum absolute atomic E-state index is 10.1. The molecule has 0 aliphatic carbocycles. The molecule has 9 heavy (non-hydrogen) atoms. The molecule has 0 spiro atoms. The number of carbonyl (C=O) groups is 1. The molecule has 0 aliphatic rings. The van der Waals surface area contributed by atoms with Crippen LogP contribution in [0.3, 0.4) is 0 Å². The molecule has 0 aromatic rings. The lowest BCUT2D eigenvalue weighted by Crippen LogP contribution is -1.94. The largest absolute Gasteiger partial charge is 0.303 e. The minimum Gasteiger partial charge on any atom is -0.303 e. The molecule has 0 aromatic carbocycles. The van der Waals surface area contributed by atoms with E-state index in [1.807, 2.05) is 6.92 Å². The number of hydrogen-bond acceptors (Lipinski definition) is 1. The lowest BCUT2D eigenvalue weighted by molar-refractivity contribution is -0.110. The van der Waals surface area contributed by atoms with E-state index in [1.54, 1.807) is 0 Å². The molecule has 1 nitrogen and oxygen atoms in total. The zero-order valence-electron chi connectivity index (χ0n) is 6.39. The van der Waals surface area contributed by atoms with Crippen LogP contribution >= 0.6 is 0 Å². The SMILES string of the molecule is CCCCC[C@@H](C)C=O. The van der Waals surface area contributed by atoms with E-state index in [-0.39, 0.29) is 5.92 Å². The first kappa shape index (κ1) is 8.67. The van der Waals surface area contributed by atoms with Crippen LogP contribution in [0, 0.1) is 5.92 Å². The van der Waals surface area contributed by atoms with E-state index < -0.39 is 0 Å². The molecule has 0 aromatic heterocycles. The van der Waals surface area contributed by atoms with Crippen LogP contribution in [-0.4, -0.2) is 6.29 Å². The van der Waals surface area contributed by atoms with E-state index in [2.05, 4.69) is 6.92 Å². The van der Waals surface area contributed by atoms with Crippen molar-refractivity contribution in [1.82, 2.24) is 0 Å². The summed E-state index contributed by atoms with van der Waals surface area (Å²) < 4.78 is 0. The highest BCUT2D eigenvalue weighted by Gasteiger charge is 1.96. The third kappa shape index (κ3) is 5.54. The fourth-order valence-electron chi connectivity index (χ4n) is 0.784. The summed E-state index contributed by atoms with van der Waals surface area (Å²) in [5.41, 5.74) is 0. The van der Waals surface area contributed by atoms with Crippen molar-refractivity contribution in [2.24, 2.45) is 5.92 Å². The van der Waals surface area contributed by atoms with E-state index in [9.17, 15) is 4.79 Å². The second kappa shape index (κ2) is 5.80. The summed E-state index contributed by atoms with van der Waals surface area (Å²) in [6, 6.07) is 0. The molecular formula is C8H16O. The Balaban J connectivity index is 2.96. The molecular weight excluding hydrogens is 112 g/mol. The summed E-state index contributed by atoms with van der Waals surface area (Å²) in [6.07, 6.45) is 5.81. The second-order valence-corrected chi connectivity index (χ2v) is 2.61. The lowest BCUT2D eigenvalue weighted by Gasteiger charge is -1.99. The molecule has 54 valence electrons. The predicted molar refractivity (Wildman–Crippen MR) is 39.4 cm³/mol. The fraction of sp³-hybridized carbons (Fsp3) is 0.875. The van der Waals surface area contributed by atoms with Gasteiger partial charge in [0.05, 0.1) is 0 Å². The van der Waals surface area contributed by atoms with Crippen molar-refractivity contribution in [1.29, 1.82) is 0 Å². The van der Waals surface area contributed by atoms with Crippen molar-refractivity contribution in [3.8, 4) is 0 Å². The van der Waals surface area contributed by atoms with E-state index >= 15 is 0 Å². The molecule has 0 aliphatic heterocycles. The van der Waals surface area contributed by atoms with Crippen molar-refractivity contribution in [3.63, 3.8) is 0 Å². The van der Waals surface area contributed by atoms with Gasteiger partial charge in [-0.1, -0.05) is 33.1 Å². The van der Waals surface area contributed by atoms with Gasteiger partial charge in [-0.25, -0.2) is 0 Å². The van der Waals surface area contributed by atoms with Crippen molar-refractivity contribution in [2.75, 3.05) is 0 Å². The smallest absolute Gasteiger partial charge is 0.122 e. The molecule has 0 amide bonds. The first-order valence-electron chi connectivity index (χ1n) is 3.76. The standard InChI is InChI=1S/C8H16O/c1-3-4-5-6-8(2)7-9/h7-8H,3-6H2,1-2H3/t8-/m1/s1. The summed E-state index contributed by atoms with van der Waals surface area (Å²) in [5.74, 6) is 0.275. The topological polar surface area (TPSA) is 17.1 Å². The van der Waals surface area contributed by atoms with Gasteiger partial charge in [0.1, 0.15) is 6.29 Å². The minimum atomic E-state index is 0.275. The zero-order valence-corrected chi connectivity index (χ0v) is 6.39. The van der Waals surface area contributed by atoms with E-state index in [4.69, 9.17) is 0 Å². The normalized spacial score (nSPS) is 13.1. The highest BCUT2D eigenvalue weighted by atomic mass is 16.1. The van der Waals surface area contributed by atoms with Crippen molar-refractivity contribution >= 4 is 6.29 Å². The highest BCUT2D eigenvalue weighted by Crippen LogP contribution is 2.05. The number of hydrogen-bond donors (Lipinski definition) is 0. The zero-order chi connectivity index (χ0) is 7.11. The van der Waals surface area contributed by atoms with Crippen molar-refractivity contribution in [2.45, 2.75) is 39.5 Å². The third-order valence-electron chi connectivity index (χ3n) is 1.50. The Kier molecular flexibility index (Phi) is 5.59. The summed E-state index contributed by atoms with van der Waals surface area (Å²) in [7, 11) is 0. The van der Waals surface area contributed by atoms with E-state index in [0.717, 1.165) is 12.7 Å². The fourth-order valence-corrected chi connectivity index (χ4v) is 0.784. The molecule has 0 heterocycles. The monoisotopic (exact) mass is 128 g/mol. The van der Waals surface area contributed by atoms with Crippen LogP contribution in [0.25, 0.3) is 0 Å². The van der Waals surface area contributed by atoms with Crippen LogP contribution in [0.2, 0.25) is 0 Å². The Labute approximate surface area is 57.5 Å². The molecule has 0 radical (unpaired) electrons. The Morgan fingerprint density at radius 2 is 2.11 bits per heavy atom. The van der Waals surface area contributed by atoms with Gasteiger partial charge < -0.3 is 4.79 Å². The lowest BCUT2D eigenvalue weighted by atomic mass is 10.1. The van der Waals surface area contributed by atoms with Crippen molar-refractivity contribution < 1.29 is 4.79 Å². The number of unbranched alkanes of at least 4 members (excludes halogenated alkanes) is 2. The Hall–Kier alpha value is -0.330. The molecule has 0 saturated heterocycles. The Morgan fingerprint density at radius 3 is 2.56 bits per heavy atom. The van der Waals surface area contributed by atoms with Crippen LogP contribution in [0.4, 0.5) is 0 Å². The maximum atomic E-state index is 10.1. The third-order valence-corrected chi connectivity index (χ3v) is 1.50. The second-order valence-electron chi connectivity index (χ2n) is 2.61. The van der Waals surface area contributed by atoms with Crippen LogP contribution in [0.5, 0.6) is 0 Å². The van der Waals surface area contributed by atoms with Crippen LogP contribution in [0.15, 0.2) is 0 Å².